The molecule has 0 amide bonds. The number of benzene rings is 1. The summed E-state index contributed by atoms with van der Waals surface area (Å²) in [4.78, 5) is 8.12. The van der Waals surface area contributed by atoms with E-state index in [2.05, 4.69) is 15.3 Å². The predicted molar refractivity (Wildman–Crippen MR) is 72.9 cm³/mol. The average Bonchev–Trinajstić information content (AvgIpc) is 2.36. The van der Waals surface area contributed by atoms with Crippen molar-refractivity contribution in [2.24, 2.45) is 0 Å². The number of ether oxygens (including phenoxy) is 1. The molecule has 0 atom stereocenters. The molecule has 1 heterocycles. The first-order valence-corrected chi connectivity index (χ1v) is 6.00. The number of nitrogens with zero attached hydrogens (tertiary/aromatic N) is 2. The molecule has 6 heteroatoms. The second-order valence-electron chi connectivity index (χ2n) is 3.61. The van der Waals surface area contributed by atoms with Crippen molar-refractivity contribution in [2.45, 2.75) is 6.92 Å². The smallest absolute Gasteiger partial charge is 0.243 e. The molecule has 0 aliphatic heterocycles. The van der Waals surface area contributed by atoms with Crippen LogP contribution in [0.15, 0.2) is 24.4 Å². The van der Waals surface area contributed by atoms with Gasteiger partial charge in [-0.05, 0) is 24.6 Å². The fraction of sp³-hybridized carbons (Fsp3) is 0.167. The van der Waals surface area contributed by atoms with Crippen molar-refractivity contribution in [3.05, 3.63) is 40.0 Å². The van der Waals surface area contributed by atoms with Crippen LogP contribution in [0.2, 0.25) is 10.0 Å². The van der Waals surface area contributed by atoms with Crippen molar-refractivity contribution in [1.82, 2.24) is 9.97 Å². The number of nitrogens with one attached hydrogen (secondary N) is 1. The monoisotopic (exact) mass is 283 g/mol. The third kappa shape index (κ3) is 2.83. The van der Waals surface area contributed by atoms with Gasteiger partial charge in [-0.25, -0.2) is 4.98 Å². The van der Waals surface area contributed by atoms with Gasteiger partial charge in [0.1, 0.15) is 10.8 Å². The van der Waals surface area contributed by atoms with Gasteiger partial charge < -0.3 is 10.1 Å². The Labute approximate surface area is 115 Å². The summed E-state index contributed by atoms with van der Waals surface area (Å²) in [5, 5.41) is 3.75. The minimum Gasteiger partial charge on any atom is -0.437 e. The third-order valence-corrected chi connectivity index (χ3v) is 2.79. The molecule has 0 aliphatic rings. The van der Waals surface area contributed by atoms with Gasteiger partial charge in [-0.1, -0.05) is 29.3 Å². The van der Waals surface area contributed by atoms with Crippen LogP contribution in [0.1, 0.15) is 5.56 Å². The van der Waals surface area contributed by atoms with E-state index in [1.165, 1.54) is 6.20 Å². The summed E-state index contributed by atoms with van der Waals surface area (Å²) in [7, 11) is 1.72. The second kappa shape index (κ2) is 5.42. The Balaban J connectivity index is 2.36. The Hall–Kier alpha value is -1.52. The van der Waals surface area contributed by atoms with Gasteiger partial charge in [-0.3, -0.25) is 0 Å². The molecule has 18 heavy (non-hydrogen) atoms. The van der Waals surface area contributed by atoms with Crippen molar-refractivity contribution in [3.63, 3.8) is 0 Å². The van der Waals surface area contributed by atoms with Crippen molar-refractivity contribution in [3.8, 4) is 11.6 Å². The molecule has 0 saturated carbocycles. The Bertz CT molecular complexity index is 575. The maximum atomic E-state index is 5.98. The van der Waals surface area contributed by atoms with Gasteiger partial charge in [0, 0.05) is 12.1 Å². The van der Waals surface area contributed by atoms with E-state index in [0.29, 0.717) is 27.6 Å². The number of aromatic nitrogens is 2. The normalized spacial score (nSPS) is 10.2. The molecular formula is C12H11Cl2N3O. The summed E-state index contributed by atoms with van der Waals surface area (Å²) in [5.41, 5.74) is 0.945. The van der Waals surface area contributed by atoms with E-state index in [9.17, 15) is 0 Å². The molecule has 94 valence electrons. The van der Waals surface area contributed by atoms with Crippen LogP contribution >= 0.6 is 23.2 Å². The van der Waals surface area contributed by atoms with E-state index in [0.717, 1.165) is 5.56 Å². The quantitative estimate of drug-likeness (QED) is 0.927. The highest BCUT2D eigenvalue weighted by Gasteiger charge is 2.09. The average molecular weight is 284 g/mol. The molecule has 4 nitrogen and oxygen atoms in total. The predicted octanol–water partition coefficient (Wildman–Crippen LogP) is 3.93. The topological polar surface area (TPSA) is 47.0 Å². The first kappa shape index (κ1) is 12.9. The minimum atomic E-state index is 0.293. The van der Waals surface area contributed by atoms with Gasteiger partial charge in [0.25, 0.3) is 0 Å². The van der Waals surface area contributed by atoms with E-state index >= 15 is 0 Å². The highest BCUT2D eigenvalue weighted by atomic mass is 35.5. The summed E-state index contributed by atoms with van der Waals surface area (Å²) in [5.74, 6) is 1.35. The Morgan fingerprint density at radius 2 is 2.06 bits per heavy atom. The van der Waals surface area contributed by atoms with Crippen molar-refractivity contribution < 1.29 is 4.74 Å². The van der Waals surface area contributed by atoms with Crippen molar-refractivity contribution in [1.29, 1.82) is 0 Å². The van der Waals surface area contributed by atoms with Gasteiger partial charge in [0.2, 0.25) is 11.8 Å². The number of anilines is 1. The number of rotatable bonds is 3. The zero-order chi connectivity index (χ0) is 13.1. The van der Waals surface area contributed by atoms with Crippen LogP contribution in [0.5, 0.6) is 11.6 Å². The molecule has 0 saturated heterocycles. The molecule has 0 radical (unpaired) electrons. The SMILES string of the molecule is CNc1ncc(Cl)c(Oc2cc(Cl)ccc2C)n1. The molecule has 1 N–H and O–H groups in total. The number of hydrogen-bond donors (Lipinski definition) is 1. The lowest BCUT2D eigenvalue weighted by atomic mass is 10.2. The first-order chi connectivity index (χ1) is 8.60. The lowest BCUT2D eigenvalue weighted by Crippen LogP contribution is -1.99. The molecule has 0 unspecified atom stereocenters. The minimum absolute atomic E-state index is 0.293. The lowest BCUT2D eigenvalue weighted by molar-refractivity contribution is 0.459. The highest BCUT2D eigenvalue weighted by Crippen LogP contribution is 2.31. The van der Waals surface area contributed by atoms with Gasteiger partial charge in [0.15, 0.2) is 0 Å². The second-order valence-corrected chi connectivity index (χ2v) is 4.45. The van der Waals surface area contributed by atoms with Gasteiger partial charge >= 0.3 is 0 Å². The molecule has 0 bridgehead atoms. The first-order valence-electron chi connectivity index (χ1n) is 5.24. The molecule has 0 spiro atoms. The molecule has 2 aromatic rings. The lowest BCUT2D eigenvalue weighted by Gasteiger charge is -2.10. The maximum absolute atomic E-state index is 5.98. The summed E-state index contributed by atoms with van der Waals surface area (Å²) in [6.45, 7) is 1.92. The Kier molecular flexibility index (Phi) is 3.89. The molecular weight excluding hydrogens is 273 g/mol. The van der Waals surface area contributed by atoms with E-state index < -0.39 is 0 Å². The summed E-state index contributed by atoms with van der Waals surface area (Å²) in [6, 6.07) is 5.38. The van der Waals surface area contributed by atoms with Gasteiger partial charge in [-0.15, -0.1) is 0 Å². The van der Waals surface area contributed by atoms with Crippen molar-refractivity contribution in [2.75, 3.05) is 12.4 Å². The molecule has 0 aliphatic carbocycles. The van der Waals surface area contributed by atoms with Crippen LogP contribution in [0.3, 0.4) is 0 Å². The fourth-order valence-corrected chi connectivity index (χ4v) is 1.62. The Morgan fingerprint density at radius 1 is 1.28 bits per heavy atom. The number of hydrogen-bond acceptors (Lipinski definition) is 4. The summed E-state index contributed by atoms with van der Waals surface area (Å²) >= 11 is 11.9. The zero-order valence-electron chi connectivity index (χ0n) is 9.87. The van der Waals surface area contributed by atoms with E-state index in [1.807, 2.05) is 13.0 Å². The van der Waals surface area contributed by atoms with Gasteiger partial charge in [-0.2, -0.15) is 4.98 Å². The zero-order valence-corrected chi connectivity index (χ0v) is 11.4. The van der Waals surface area contributed by atoms with Crippen LogP contribution < -0.4 is 10.1 Å². The number of halogens is 2. The van der Waals surface area contributed by atoms with Crippen LogP contribution in [-0.4, -0.2) is 17.0 Å². The van der Waals surface area contributed by atoms with Crippen LogP contribution in [0, 0.1) is 6.92 Å². The molecule has 1 aromatic heterocycles. The molecule has 0 fully saturated rings. The van der Waals surface area contributed by atoms with E-state index in [4.69, 9.17) is 27.9 Å². The summed E-state index contributed by atoms with van der Waals surface area (Å²) in [6.07, 6.45) is 1.48. The van der Waals surface area contributed by atoms with Crippen LogP contribution in [-0.2, 0) is 0 Å². The van der Waals surface area contributed by atoms with Crippen LogP contribution in [0.25, 0.3) is 0 Å². The largest absolute Gasteiger partial charge is 0.437 e. The molecule has 2 rings (SSSR count). The highest BCUT2D eigenvalue weighted by molar-refractivity contribution is 6.31. The third-order valence-electron chi connectivity index (χ3n) is 2.29. The number of aryl methyl sites for hydroxylation is 1. The Morgan fingerprint density at radius 3 is 2.78 bits per heavy atom. The van der Waals surface area contributed by atoms with E-state index in [1.54, 1.807) is 19.2 Å². The van der Waals surface area contributed by atoms with Gasteiger partial charge in [0.05, 0.1) is 6.20 Å². The molecule has 1 aromatic carbocycles. The maximum Gasteiger partial charge on any atom is 0.243 e. The standard InChI is InChI=1S/C12H11Cl2N3O/c1-7-3-4-8(13)5-10(7)18-11-9(14)6-16-12(15-2)17-11/h3-6H,1-2H3,(H,15,16,17). The summed E-state index contributed by atoms with van der Waals surface area (Å²) < 4.78 is 5.66. The van der Waals surface area contributed by atoms with Crippen LogP contribution in [0.4, 0.5) is 5.95 Å². The van der Waals surface area contributed by atoms with E-state index in [-0.39, 0.29) is 0 Å². The fourth-order valence-electron chi connectivity index (χ4n) is 1.33. The van der Waals surface area contributed by atoms with Crippen molar-refractivity contribution >= 4 is 29.2 Å².